The Bertz CT molecular complexity index is 983. The molecule has 1 aromatic carbocycles. The molecule has 1 aromatic heterocycles. The maximum absolute atomic E-state index is 12.7. The Balaban J connectivity index is 1.45. The molecule has 3 heterocycles. The third-order valence-electron chi connectivity index (χ3n) is 5.86. The zero-order chi connectivity index (χ0) is 19.7. The predicted octanol–water partition coefficient (Wildman–Crippen LogP) is 1.46. The van der Waals surface area contributed by atoms with E-state index in [-0.39, 0.29) is 5.69 Å². The Hall–Kier alpha value is -1.97. The van der Waals surface area contributed by atoms with Gasteiger partial charge in [0.1, 0.15) is 5.82 Å². The van der Waals surface area contributed by atoms with Crippen molar-refractivity contribution in [3.05, 3.63) is 46.1 Å². The number of aryl methyl sites for hydroxylation is 1. The van der Waals surface area contributed by atoms with Crippen LogP contribution < -0.4 is 5.69 Å². The monoisotopic (exact) mass is 405 g/mol. The van der Waals surface area contributed by atoms with Gasteiger partial charge in [0.15, 0.2) is 0 Å². The number of nitrogens with zero attached hydrogens (tertiary/aromatic N) is 4. The van der Waals surface area contributed by atoms with E-state index in [4.69, 9.17) is 0 Å². The first-order chi connectivity index (χ1) is 13.5. The first-order valence-electron chi connectivity index (χ1n) is 9.94. The first kappa shape index (κ1) is 19.4. The number of aromatic nitrogens is 3. The Morgan fingerprint density at radius 2 is 1.71 bits per heavy atom. The molecule has 0 aliphatic carbocycles. The van der Waals surface area contributed by atoms with Crippen LogP contribution in [0.25, 0.3) is 5.69 Å². The molecule has 1 N–H and O–H groups in total. The van der Waals surface area contributed by atoms with Crippen LogP contribution in [0, 0.1) is 12.8 Å². The third-order valence-corrected chi connectivity index (χ3v) is 7.90. The van der Waals surface area contributed by atoms with Gasteiger partial charge >= 0.3 is 5.69 Å². The van der Waals surface area contributed by atoms with Gasteiger partial charge in [0.25, 0.3) is 10.2 Å². The number of H-pyrrole nitrogens is 1. The molecule has 0 saturated carbocycles. The van der Waals surface area contributed by atoms with Crippen molar-refractivity contribution < 1.29 is 8.42 Å². The van der Waals surface area contributed by atoms with Crippen molar-refractivity contribution in [3.8, 4) is 5.69 Å². The summed E-state index contributed by atoms with van der Waals surface area (Å²) in [6, 6.07) is 7.74. The van der Waals surface area contributed by atoms with Crippen LogP contribution in [0.2, 0.25) is 0 Å². The molecule has 2 aromatic rings. The quantitative estimate of drug-likeness (QED) is 0.815. The minimum Gasteiger partial charge on any atom is -0.247 e. The maximum atomic E-state index is 12.7. The van der Waals surface area contributed by atoms with Gasteiger partial charge in [-0.2, -0.15) is 22.1 Å². The fourth-order valence-electron chi connectivity index (χ4n) is 4.21. The molecule has 0 bridgehead atoms. The van der Waals surface area contributed by atoms with E-state index in [0.717, 1.165) is 36.9 Å². The smallest absolute Gasteiger partial charge is 0.247 e. The molecule has 152 valence electrons. The molecule has 0 atom stereocenters. The molecule has 0 radical (unpaired) electrons. The highest BCUT2D eigenvalue weighted by Crippen LogP contribution is 2.26. The van der Waals surface area contributed by atoms with Gasteiger partial charge in [-0.3, -0.25) is 0 Å². The number of rotatable bonds is 5. The normalized spacial score (nSPS) is 20.0. The van der Waals surface area contributed by atoms with Gasteiger partial charge in [-0.15, -0.1) is 0 Å². The van der Waals surface area contributed by atoms with E-state index in [1.807, 2.05) is 31.2 Å². The highest BCUT2D eigenvalue weighted by Gasteiger charge is 2.34. The van der Waals surface area contributed by atoms with Crippen LogP contribution in [0.5, 0.6) is 0 Å². The number of piperidine rings is 1. The number of aromatic amines is 1. The molecule has 2 saturated heterocycles. The lowest BCUT2D eigenvalue weighted by molar-refractivity contribution is 0.255. The number of nitrogens with one attached hydrogen (secondary N) is 1. The van der Waals surface area contributed by atoms with Crippen molar-refractivity contribution in [2.45, 2.75) is 39.0 Å². The number of benzene rings is 1. The zero-order valence-corrected chi connectivity index (χ0v) is 17.0. The molecular formula is C19H27N5O3S. The van der Waals surface area contributed by atoms with Gasteiger partial charge in [0.2, 0.25) is 0 Å². The Morgan fingerprint density at radius 1 is 1.07 bits per heavy atom. The molecule has 28 heavy (non-hydrogen) atoms. The van der Waals surface area contributed by atoms with Gasteiger partial charge in [-0.25, -0.2) is 14.5 Å². The predicted molar refractivity (Wildman–Crippen MR) is 107 cm³/mol. The summed E-state index contributed by atoms with van der Waals surface area (Å²) < 4.78 is 30.3. The van der Waals surface area contributed by atoms with E-state index in [1.54, 1.807) is 13.2 Å². The molecule has 9 heteroatoms. The van der Waals surface area contributed by atoms with Gasteiger partial charge in [-0.05, 0) is 50.2 Å². The van der Waals surface area contributed by atoms with Crippen LogP contribution in [0.3, 0.4) is 0 Å². The van der Waals surface area contributed by atoms with Crippen LogP contribution in [-0.4, -0.2) is 58.0 Å². The molecule has 2 aliphatic heterocycles. The third kappa shape index (κ3) is 3.66. The fraction of sp³-hybridized carbons (Fsp3) is 0.579. The summed E-state index contributed by atoms with van der Waals surface area (Å²) in [7, 11) is -3.32. The van der Waals surface area contributed by atoms with Crippen molar-refractivity contribution in [3.63, 3.8) is 0 Å². The van der Waals surface area contributed by atoms with Gasteiger partial charge < -0.3 is 0 Å². The van der Waals surface area contributed by atoms with Crippen molar-refractivity contribution in [1.29, 1.82) is 0 Å². The van der Waals surface area contributed by atoms with Crippen LogP contribution in [-0.2, 0) is 16.6 Å². The lowest BCUT2D eigenvalue weighted by Crippen LogP contribution is -2.46. The van der Waals surface area contributed by atoms with E-state index >= 15 is 0 Å². The molecule has 0 unspecified atom stereocenters. The SMILES string of the molecule is Cc1ccccc1-n1c(CC2CCN(S(=O)(=O)N3CCCC3)CC2)n[nH]c1=O. The minimum absolute atomic E-state index is 0.238. The minimum atomic E-state index is -3.32. The van der Waals surface area contributed by atoms with Crippen LogP contribution in [0.1, 0.15) is 37.1 Å². The summed E-state index contributed by atoms with van der Waals surface area (Å²) in [5.74, 6) is 1.02. The molecule has 4 rings (SSSR count). The largest absolute Gasteiger partial charge is 0.347 e. The summed E-state index contributed by atoms with van der Waals surface area (Å²) in [4.78, 5) is 12.3. The van der Waals surface area contributed by atoms with Crippen molar-refractivity contribution in [1.82, 2.24) is 23.4 Å². The van der Waals surface area contributed by atoms with Crippen molar-refractivity contribution in [2.24, 2.45) is 5.92 Å². The highest BCUT2D eigenvalue weighted by molar-refractivity contribution is 7.86. The van der Waals surface area contributed by atoms with Gasteiger partial charge in [-0.1, -0.05) is 18.2 Å². The van der Waals surface area contributed by atoms with E-state index in [2.05, 4.69) is 10.2 Å². The lowest BCUT2D eigenvalue weighted by atomic mass is 9.94. The summed E-state index contributed by atoms with van der Waals surface area (Å²) in [6.45, 7) is 4.31. The van der Waals surface area contributed by atoms with Crippen molar-refractivity contribution >= 4 is 10.2 Å². The number of hydrogen-bond donors (Lipinski definition) is 1. The Labute approximate surface area is 165 Å². The Kier molecular flexibility index (Phi) is 5.39. The second kappa shape index (κ2) is 7.81. The fourth-order valence-corrected chi connectivity index (χ4v) is 5.93. The molecule has 0 amide bonds. The second-order valence-corrected chi connectivity index (χ2v) is 9.66. The summed E-state index contributed by atoms with van der Waals surface area (Å²) in [6.07, 6.45) is 4.12. The highest BCUT2D eigenvalue weighted by atomic mass is 32.2. The molecule has 2 fully saturated rings. The standard InChI is InChI=1S/C19H27N5O3S/c1-15-6-2-3-7-17(15)24-18(20-21-19(24)25)14-16-8-12-23(13-9-16)28(26,27)22-10-4-5-11-22/h2-3,6-7,16H,4-5,8-14H2,1H3,(H,21,25). The molecule has 2 aliphatic rings. The van der Waals surface area contributed by atoms with Gasteiger partial charge in [0.05, 0.1) is 5.69 Å². The summed E-state index contributed by atoms with van der Waals surface area (Å²) in [5.41, 5.74) is 1.61. The Morgan fingerprint density at radius 3 is 2.39 bits per heavy atom. The van der Waals surface area contributed by atoms with E-state index in [9.17, 15) is 13.2 Å². The van der Waals surface area contributed by atoms with Crippen LogP contribution >= 0.6 is 0 Å². The van der Waals surface area contributed by atoms with Crippen LogP contribution in [0.15, 0.2) is 29.1 Å². The number of hydrogen-bond acceptors (Lipinski definition) is 4. The molecular weight excluding hydrogens is 378 g/mol. The molecule has 0 spiro atoms. The topological polar surface area (TPSA) is 91.3 Å². The second-order valence-electron chi connectivity index (χ2n) is 7.73. The van der Waals surface area contributed by atoms with E-state index in [1.165, 1.54) is 0 Å². The van der Waals surface area contributed by atoms with E-state index < -0.39 is 10.2 Å². The summed E-state index contributed by atoms with van der Waals surface area (Å²) in [5, 5.41) is 6.81. The average Bonchev–Trinajstić information content (AvgIpc) is 3.34. The zero-order valence-electron chi connectivity index (χ0n) is 16.2. The maximum Gasteiger partial charge on any atom is 0.347 e. The van der Waals surface area contributed by atoms with Crippen LogP contribution in [0.4, 0.5) is 0 Å². The van der Waals surface area contributed by atoms with E-state index in [0.29, 0.717) is 44.3 Å². The lowest BCUT2D eigenvalue weighted by Gasteiger charge is -2.33. The summed E-state index contributed by atoms with van der Waals surface area (Å²) >= 11 is 0. The van der Waals surface area contributed by atoms with Crippen molar-refractivity contribution in [2.75, 3.05) is 26.2 Å². The van der Waals surface area contributed by atoms with Gasteiger partial charge in [0, 0.05) is 32.6 Å². The molecule has 8 nitrogen and oxygen atoms in total. The first-order valence-corrected chi connectivity index (χ1v) is 11.3. The number of para-hydroxylation sites is 1. The average molecular weight is 406 g/mol.